The Hall–Kier alpha value is -1.68. The van der Waals surface area contributed by atoms with Crippen molar-refractivity contribution in [2.75, 3.05) is 19.8 Å². The highest BCUT2D eigenvalue weighted by molar-refractivity contribution is 6.76. The number of alkyl halides is 3. The number of halogens is 3. The lowest BCUT2D eigenvalue weighted by Crippen LogP contribution is -2.44. The molecule has 1 aromatic heterocycles. The zero-order valence-electron chi connectivity index (χ0n) is 22.4. The predicted molar refractivity (Wildman–Crippen MR) is 142 cm³/mol. The van der Waals surface area contributed by atoms with E-state index in [0.717, 1.165) is 50.9 Å². The summed E-state index contributed by atoms with van der Waals surface area (Å²) < 4.78 is 55.3. The molecule has 1 unspecified atom stereocenters. The minimum absolute atomic E-state index is 0.0412. The lowest BCUT2D eigenvalue weighted by Gasteiger charge is -2.35. The molecule has 1 aliphatic heterocycles. The molecular formula is C28H42F3N3O2Si. The van der Waals surface area contributed by atoms with Crippen molar-refractivity contribution in [1.29, 1.82) is 0 Å². The number of nitrogens with zero attached hydrogens (tertiary/aromatic N) is 2. The van der Waals surface area contributed by atoms with Crippen LogP contribution in [0.2, 0.25) is 25.7 Å². The van der Waals surface area contributed by atoms with Crippen molar-refractivity contribution in [3.63, 3.8) is 0 Å². The van der Waals surface area contributed by atoms with E-state index in [4.69, 9.17) is 9.47 Å². The van der Waals surface area contributed by atoms with Crippen molar-refractivity contribution in [1.82, 2.24) is 15.1 Å². The van der Waals surface area contributed by atoms with Crippen LogP contribution in [0.15, 0.2) is 36.5 Å². The second kappa shape index (κ2) is 12.4. The van der Waals surface area contributed by atoms with Gasteiger partial charge in [0.2, 0.25) is 0 Å². The minimum atomic E-state index is -4.45. The molecule has 2 fully saturated rings. The molecule has 4 rings (SSSR count). The van der Waals surface area contributed by atoms with Crippen LogP contribution >= 0.6 is 0 Å². The summed E-state index contributed by atoms with van der Waals surface area (Å²) in [5.74, 6) is 0.224. The van der Waals surface area contributed by atoms with Gasteiger partial charge in [0, 0.05) is 32.8 Å². The van der Waals surface area contributed by atoms with Crippen LogP contribution in [-0.4, -0.2) is 49.8 Å². The Morgan fingerprint density at radius 1 is 1.05 bits per heavy atom. The Balaban J connectivity index is 1.36. The summed E-state index contributed by atoms with van der Waals surface area (Å²) in [5, 5.41) is 7.84. The topological polar surface area (TPSA) is 48.3 Å². The summed E-state index contributed by atoms with van der Waals surface area (Å²) >= 11 is 0. The van der Waals surface area contributed by atoms with E-state index >= 15 is 0 Å². The normalized spacial score (nSPS) is 25.4. The third-order valence-electron chi connectivity index (χ3n) is 7.71. The lowest BCUT2D eigenvalue weighted by atomic mass is 9.82. The number of hydrogen-bond donors (Lipinski definition) is 1. The van der Waals surface area contributed by atoms with Gasteiger partial charge in [0.1, 0.15) is 6.73 Å². The van der Waals surface area contributed by atoms with E-state index in [9.17, 15) is 13.2 Å². The molecule has 2 atom stereocenters. The van der Waals surface area contributed by atoms with Gasteiger partial charge in [-0.15, -0.1) is 0 Å². The van der Waals surface area contributed by atoms with Crippen molar-refractivity contribution in [3.8, 4) is 0 Å². The number of nitrogens with one attached hydrogen (secondary N) is 1. The number of ether oxygens (including phenoxy) is 2. The van der Waals surface area contributed by atoms with Crippen molar-refractivity contribution in [3.05, 3.63) is 53.3 Å². The molecule has 2 heterocycles. The zero-order valence-corrected chi connectivity index (χ0v) is 23.4. The SMILES string of the molecule is C[Si](C)(C)CCOCn1cc(C(F)(F)F)c(C2CCCN[C@H]2COC2CCC(c3ccccc3)CC2)n1. The highest BCUT2D eigenvalue weighted by Crippen LogP contribution is 2.39. The van der Waals surface area contributed by atoms with Gasteiger partial charge in [-0.3, -0.25) is 0 Å². The number of benzene rings is 1. The first-order valence-corrected chi connectivity index (χ1v) is 17.4. The second-order valence-corrected chi connectivity index (χ2v) is 17.5. The number of hydrogen-bond acceptors (Lipinski definition) is 4. The third-order valence-corrected chi connectivity index (χ3v) is 9.41. The molecule has 1 N–H and O–H groups in total. The molecule has 0 bridgehead atoms. The van der Waals surface area contributed by atoms with Crippen LogP contribution in [0.1, 0.15) is 67.2 Å². The van der Waals surface area contributed by atoms with Crippen LogP contribution < -0.4 is 5.32 Å². The Morgan fingerprint density at radius 2 is 1.78 bits per heavy atom. The number of aromatic nitrogens is 2. The van der Waals surface area contributed by atoms with Crippen molar-refractivity contribution >= 4 is 8.07 Å². The van der Waals surface area contributed by atoms with E-state index in [-0.39, 0.29) is 30.5 Å². The Morgan fingerprint density at radius 3 is 2.46 bits per heavy atom. The molecule has 0 spiro atoms. The van der Waals surface area contributed by atoms with Gasteiger partial charge in [-0.2, -0.15) is 18.3 Å². The maximum Gasteiger partial charge on any atom is 0.419 e. The van der Waals surface area contributed by atoms with Crippen LogP contribution in [0.4, 0.5) is 13.2 Å². The van der Waals surface area contributed by atoms with Gasteiger partial charge >= 0.3 is 6.18 Å². The third kappa shape index (κ3) is 8.15. The van der Waals surface area contributed by atoms with E-state index in [1.54, 1.807) is 0 Å². The smallest absolute Gasteiger partial charge is 0.377 e. The van der Waals surface area contributed by atoms with Crippen molar-refractivity contribution < 1.29 is 22.6 Å². The molecule has 1 aliphatic carbocycles. The first-order valence-electron chi connectivity index (χ1n) is 13.7. The van der Waals surface area contributed by atoms with E-state index in [2.05, 4.69) is 54.3 Å². The molecule has 2 aromatic rings. The second-order valence-electron chi connectivity index (χ2n) is 11.8. The van der Waals surface area contributed by atoms with Gasteiger partial charge in [0.15, 0.2) is 0 Å². The number of rotatable bonds is 10. The first-order chi connectivity index (χ1) is 17.6. The average molecular weight is 538 g/mol. The minimum Gasteiger partial charge on any atom is -0.377 e. The molecule has 37 heavy (non-hydrogen) atoms. The summed E-state index contributed by atoms with van der Waals surface area (Å²) in [6.45, 7) is 8.52. The van der Waals surface area contributed by atoms with Crippen LogP contribution in [0.5, 0.6) is 0 Å². The first kappa shape index (κ1) is 28.3. The Kier molecular flexibility index (Phi) is 9.53. The molecule has 1 saturated heterocycles. The summed E-state index contributed by atoms with van der Waals surface area (Å²) in [7, 11) is -1.27. The fourth-order valence-corrected chi connectivity index (χ4v) is 6.27. The molecule has 9 heteroatoms. The van der Waals surface area contributed by atoms with Gasteiger partial charge in [0.25, 0.3) is 0 Å². The summed E-state index contributed by atoms with van der Waals surface area (Å²) in [6, 6.07) is 11.4. The lowest BCUT2D eigenvalue weighted by molar-refractivity contribution is -0.138. The Labute approximate surface area is 220 Å². The molecule has 2 aliphatic rings. The average Bonchev–Trinajstić information content (AvgIpc) is 3.31. The van der Waals surface area contributed by atoms with E-state index < -0.39 is 19.8 Å². The van der Waals surface area contributed by atoms with E-state index in [0.29, 0.717) is 25.6 Å². The standard InChI is InChI=1S/C28H42F3N3O2Si/c1-37(2,3)17-16-35-20-34-18-25(28(29,30)31)27(33-34)24-10-7-15-32-26(24)19-36-23-13-11-22(12-14-23)21-8-5-4-6-9-21/h4-6,8-9,18,22-24,26,32H,7,10-17,19-20H2,1-3H3/t22?,23?,24?,26-/m0/s1. The molecule has 5 nitrogen and oxygen atoms in total. The van der Waals surface area contributed by atoms with Gasteiger partial charge in [-0.25, -0.2) is 4.68 Å². The summed E-state index contributed by atoms with van der Waals surface area (Å²) in [6.07, 6.45) is 2.42. The Bertz CT molecular complexity index is 969. The van der Waals surface area contributed by atoms with E-state index in [1.165, 1.54) is 10.2 Å². The van der Waals surface area contributed by atoms with E-state index in [1.807, 2.05) is 6.07 Å². The highest BCUT2D eigenvalue weighted by atomic mass is 28.3. The van der Waals surface area contributed by atoms with Crippen molar-refractivity contribution in [2.24, 2.45) is 0 Å². The molecule has 0 radical (unpaired) electrons. The fourth-order valence-electron chi connectivity index (χ4n) is 5.51. The maximum atomic E-state index is 14.0. The monoisotopic (exact) mass is 537 g/mol. The fraction of sp³-hybridized carbons (Fsp3) is 0.679. The van der Waals surface area contributed by atoms with Gasteiger partial charge in [-0.1, -0.05) is 50.0 Å². The molecule has 206 valence electrons. The van der Waals surface area contributed by atoms with Crippen LogP contribution in [0, 0.1) is 0 Å². The zero-order chi connectivity index (χ0) is 26.5. The van der Waals surface area contributed by atoms with Gasteiger partial charge < -0.3 is 14.8 Å². The highest BCUT2D eigenvalue weighted by Gasteiger charge is 2.41. The van der Waals surface area contributed by atoms with Gasteiger partial charge in [-0.05, 0) is 62.6 Å². The molecule has 1 saturated carbocycles. The van der Waals surface area contributed by atoms with Crippen LogP contribution in [0.25, 0.3) is 0 Å². The predicted octanol–water partition coefficient (Wildman–Crippen LogP) is 6.79. The van der Waals surface area contributed by atoms with Gasteiger partial charge in [0.05, 0.1) is 24.0 Å². The quantitative estimate of drug-likeness (QED) is 0.268. The summed E-state index contributed by atoms with van der Waals surface area (Å²) in [4.78, 5) is 0. The summed E-state index contributed by atoms with van der Waals surface area (Å²) in [5.41, 5.74) is 0.855. The van der Waals surface area contributed by atoms with Crippen LogP contribution in [0.3, 0.4) is 0 Å². The maximum absolute atomic E-state index is 14.0. The molecular weight excluding hydrogens is 495 g/mol. The largest absolute Gasteiger partial charge is 0.419 e. The molecule has 0 amide bonds. The number of piperidine rings is 1. The van der Waals surface area contributed by atoms with Crippen LogP contribution in [-0.2, 0) is 22.4 Å². The van der Waals surface area contributed by atoms with Crippen molar-refractivity contribution in [2.45, 2.75) is 101 Å². The molecule has 1 aromatic carbocycles.